The fourth-order valence-electron chi connectivity index (χ4n) is 4.18. The summed E-state index contributed by atoms with van der Waals surface area (Å²) in [4.78, 5) is 13.2. The van der Waals surface area contributed by atoms with Gasteiger partial charge in [0.1, 0.15) is 11.6 Å². The Balaban J connectivity index is 1.69. The van der Waals surface area contributed by atoms with Crippen LogP contribution >= 0.6 is 11.6 Å². The van der Waals surface area contributed by atoms with Gasteiger partial charge in [-0.2, -0.15) is 13.2 Å². The number of sulfone groups is 1. The van der Waals surface area contributed by atoms with Crippen molar-refractivity contribution in [1.82, 2.24) is 10.2 Å². The predicted octanol–water partition coefficient (Wildman–Crippen LogP) is 6.05. The first-order valence-corrected chi connectivity index (χ1v) is 15.0. The van der Waals surface area contributed by atoms with Crippen LogP contribution in [0.5, 0.6) is 5.75 Å². The molecule has 3 rings (SSSR count). The predicted molar refractivity (Wildman–Crippen MR) is 149 cm³/mol. The number of nitrogens with zero attached hydrogens (tertiary/aromatic N) is 1. The minimum absolute atomic E-state index is 0.0452. The normalized spacial score (nSPS) is 12.0. The molecule has 6 nitrogen and oxygen atoms in total. The van der Waals surface area contributed by atoms with Crippen LogP contribution in [-0.2, 0) is 40.3 Å². The number of halogens is 5. The molecule has 0 bridgehead atoms. The van der Waals surface area contributed by atoms with Crippen LogP contribution < -0.4 is 10.1 Å². The van der Waals surface area contributed by atoms with Gasteiger partial charge in [0.2, 0.25) is 5.91 Å². The summed E-state index contributed by atoms with van der Waals surface area (Å²) in [5.41, 5.74) is 0.728. The summed E-state index contributed by atoms with van der Waals surface area (Å²) in [5.74, 6) is -0.323. The summed E-state index contributed by atoms with van der Waals surface area (Å²) >= 11 is 6.13. The van der Waals surface area contributed by atoms with E-state index < -0.39 is 21.6 Å². The quantitative estimate of drug-likeness (QED) is 0.187. The second-order valence-corrected chi connectivity index (χ2v) is 11.9. The molecule has 0 aliphatic heterocycles. The van der Waals surface area contributed by atoms with E-state index in [9.17, 15) is 30.8 Å². The molecule has 3 aromatic rings. The maximum absolute atomic E-state index is 13.4. The lowest BCUT2D eigenvalue weighted by atomic mass is 10.1. The summed E-state index contributed by atoms with van der Waals surface area (Å²) in [5, 5.41) is 2.23. The SMILES string of the molecule is CC(=O)NCc1ccc(OCCCN(CCc2ccc(F)cc2)Cc2cccc(C(F)(F)F)c2Cl)cc1S(C)(=O)=O. The van der Waals surface area contributed by atoms with Crippen molar-refractivity contribution >= 4 is 27.3 Å². The van der Waals surface area contributed by atoms with E-state index in [-0.39, 0.29) is 41.3 Å². The Hall–Kier alpha value is -3.15. The molecule has 12 heteroatoms. The number of rotatable bonds is 13. The van der Waals surface area contributed by atoms with E-state index in [1.807, 2.05) is 4.90 Å². The molecule has 41 heavy (non-hydrogen) atoms. The van der Waals surface area contributed by atoms with Crippen LogP contribution in [0.25, 0.3) is 0 Å². The fraction of sp³-hybridized carbons (Fsp3) is 0.345. The Morgan fingerprint density at radius 3 is 2.37 bits per heavy atom. The van der Waals surface area contributed by atoms with Crippen LogP contribution in [0.15, 0.2) is 65.6 Å². The summed E-state index contributed by atoms with van der Waals surface area (Å²) in [6.45, 7) is 2.65. The molecule has 0 fully saturated rings. The third-order valence-electron chi connectivity index (χ3n) is 6.26. The molecule has 3 aromatic carbocycles. The van der Waals surface area contributed by atoms with Gasteiger partial charge in [0.25, 0.3) is 0 Å². The van der Waals surface area contributed by atoms with Crippen LogP contribution in [0.2, 0.25) is 5.02 Å². The summed E-state index contributed by atoms with van der Waals surface area (Å²) in [6, 6.07) is 14.4. The largest absolute Gasteiger partial charge is 0.494 e. The topological polar surface area (TPSA) is 75.7 Å². The first-order valence-electron chi connectivity index (χ1n) is 12.8. The monoisotopic (exact) mass is 614 g/mol. The van der Waals surface area contributed by atoms with Crippen LogP contribution in [0.3, 0.4) is 0 Å². The maximum Gasteiger partial charge on any atom is 0.417 e. The van der Waals surface area contributed by atoms with Gasteiger partial charge in [-0.25, -0.2) is 12.8 Å². The molecule has 0 atom stereocenters. The number of ether oxygens (including phenoxy) is 1. The van der Waals surface area contributed by atoms with Crippen LogP contribution in [0.1, 0.15) is 35.6 Å². The van der Waals surface area contributed by atoms with Crippen LogP contribution in [-0.4, -0.2) is 45.2 Å². The average Bonchev–Trinajstić information content (AvgIpc) is 2.89. The number of benzene rings is 3. The highest BCUT2D eigenvalue weighted by Gasteiger charge is 2.34. The van der Waals surface area contributed by atoms with Gasteiger partial charge in [-0.3, -0.25) is 9.69 Å². The van der Waals surface area contributed by atoms with Crippen LogP contribution in [0, 0.1) is 5.82 Å². The highest BCUT2D eigenvalue weighted by atomic mass is 35.5. The van der Waals surface area contributed by atoms with E-state index in [1.54, 1.807) is 30.3 Å². The van der Waals surface area contributed by atoms with E-state index in [0.29, 0.717) is 42.8 Å². The van der Waals surface area contributed by atoms with Crippen molar-refractivity contribution in [3.05, 3.63) is 93.8 Å². The van der Waals surface area contributed by atoms with Crippen molar-refractivity contribution in [2.24, 2.45) is 0 Å². The Morgan fingerprint density at radius 1 is 1.02 bits per heavy atom. The Bertz CT molecular complexity index is 1450. The summed E-state index contributed by atoms with van der Waals surface area (Å²) < 4.78 is 83.8. The second kappa shape index (κ2) is 14.2. The van der Waals surface area contributed by atoms with Gasteiger partial charge < -0.3 is 10.1 Å². The molecule has 0 aliphatic rings. The molecule has 1 amide bonds. The fourth-order valence-corrected chi connectivity index (χ4v) is 5.42. The van der Waals surface area contributed by atoms with Gasteiger partial charge in [-0.05, 0) is 59.9 Å². The molecule has 1 N–H and O–H groups in total. The van der Waals surface area contributed by atoms with Crippen molar-refractivity contribution in [2.75, 3.05) is 26.0 Å². The number of amides is 1. The van der Waals surface area contributed by atoms with Crippen molar-refractivity contribution < 1.29 is 35.5 Å². The van der Waals surface area contributed by atoms with Crippen molar-refractivity contribution in [2.45, 2.75) is 43.9 Å². The lowest BCUT2D eigenvalue weighted by Gasteiger charge is -2.24. The number of alkyl halides is 3. The van der Waals surface area contributed by atoms with Gasteiger partial charge in [-0.15, -0.1) is 0 Å². The van der Waals surface area contributed by atoms with Crippen molar-refractivity contribution in [1.29, 1.82) is 0 Å². The summed E-state index contributed by atoms with van der Waals surface area (Å²) in [7, 11) is -3.59. The van der Waals surface area contributed by atoms with E-state index in [2.05, 4.69) is 5.32 Å². The van der Waals surface area contributed by atoms with Gasteiger partial charge in [0.05, 0.1) is 22.1 Å². The Morgan fingerprint density at radius 2 is 1.73 bits per heavy atom. The van der Waals surface area contributed by atoms with Crippen molar-refractivity contribution in [3.63, 3.8) is 0 Å². The number of carbonyl (C=O) groups is 1. The molecule has 0 aliphatic carbocycles. The first kappa shape index (κ1) is 32.4. The maximum atomic E-state index is 13.4. The third-order valence-corrected chi connectivity index (χ3v) is 7.89. The van der Waals surface area contributed by atoms with E-state index in [1.165, 1.54) is 31.2 Å². The third kappa shape index (κ3) is 10.0. The van der Waals surface area contributed by atoms with E-state index in [4.69, 9.17) is 16.3 Å². The second-order valence-electron chi connectivity index (χ2n) is 9.58. The number of carbonyl (C=O) groups excluding carboxylic acids is 1. The lowest BCUT2D eigenvalue weighted by Crippen LogP contribution is -2.28. The van der Waals surface area contributed by atoms with E-state index in [0.717, 1.165) is 17.9 Å². The molecule has 222 valence electrons. The lowest BCUT2D eigenvalue weighted by molar-refractivity contribution is -0.137. The molecule has 0 unspecified atom stereocenters. The highest BCUT2D eigenvalue weighted by molar-refractivity contribution is 7.90. The number of nitrogens with one attached hydrogen (secondary N) is 1. The molecule has 0 saturated carbocycles. The number of hydrogen-bond acceptors (Lipinski definition) is 5. The standard InChI is InChI=1S/C29H31ClF4N2O4S/c1-20(37)35-18-22-9-12-25(17-27(22)41(2,38)39)40-16-4-14-36(15-13-21-7-10-24(31)11-8-21)19-23-5-3-6-26(28(23)30)29(32,33)34/h3,5-12,17H,4,13-16,18-19H2,1-2H3,(H,35,37). The minimum atomic E-state index is -4.58. The van der Waals surface area contributed by atoms with Crippen LogP contribution in [0.4, 0.5) is 17.6 Å². The molecular formula is C29H31ClF4N2O4S. The van der Waals surface area contributed by atoms with E-state index >= 15 is 0 Å². The number of hydrogen-bond donors (Lipinski definition) is 1. The smallest absolute Gasteiger partial charge is 0.417 e. The molecule has 0 radical (unpaired) electrons. The molecule has 0 heterocycles. The Kier molecular flexibility index (Phi) is 11.2. The zero-order valence-corrected chi connectivity index (χ0v) is 24.2. The zero-order chi connectivity index (χ0) is 30.2. The Labute approximate surface area is 242 Å². The molecular weight excluding hydrogens is 584 g/mol. The van der Waals surface area contributed by atoms with Gasteiger partial charge >= 0.3 is 6.18 Å². The van der Waals surface area contributed by atoms with Gasteiger partial charge in [-0.1, -0.05) is 41.9 Å². The minimum Gasteiger partial charge on any atom is -0.494 e. The van der Waals surface area contributed by atoms with Gasteiger partial charge in [0.15, 0.2) is 9.84 Å². The molecule has 0 spiro atoms. The first-order chi connectivity index (χ1) is 19.2. The van der Waals surface area contributed by atoms with Gasteiger partial charge in [0, 0.05) is 39.4 Å². The average molecular weight is 615 g/mol. The highest BCUT2D eigenvalue weighted by Crippen LogP contribution is 2.36. The van der Waals surface area contributed by atoms with Crippen molar-refractivity contribution in [3.8, 4) is 5.75 Å². The molecule has 0 aromatic heterocycles. The molecule has 0 saturated heterocycles. The summed E-state index contributed by atoms with van der Waals surface area (Å²) in [6.07, 6.45) is -2.50. The zero-order valence-electron chi connectivity index (χ0n) is 22.6.